The molecule has 0 heterocycles. The van der Waals surface area contributed by atoms with E-state index < -0.39 is 28.5 Å². The Hall–Kier alpha value is -2.78. The number of benzene rings is 2. The highest BCUT2D eigenvalue weighted by Crippen LogP contribution is 2.29. The first-order chi connectivity index (χ1) is 15.9. The van der Waals surface area contributed by atoms with Gasteiger partial charge in [-0.1, -0.05) is 49.7 Å². The first kappa shape index (κ1) is 27.5. The summed E-state index contributed by atoms with van der Waals surface area (Å²) < 4.78 is 31.6. The second kappa shape index (κ2) is 12.1. The maximum atomic E-state index is 13.5. The van der Waals surface area contributed by atoms with Crippen LogP contribution in [0, 0.1) is 5.92 Å². The van der Waals surface area contributed by atoms with Gasteiger partial charge >= 0.3 is 0 Å². The van der Waals surface area contributed by atoms with Crippen molar-refractivity contribution < 1.29 is 22.7 Å². The fraction of sp³-hybridized carbons (Fsp3) is 0.417. The number of rotatable bonds is 11. The molecule has 186 valence electrons. The van der Waals surface area contributed by atoms with Gasteiger partial charge in [0.15, 0.2) is 0 Å². The summed E-state index contributed by atoms with van der Waals surface area (Å²) in [6.07, 6.45) is 1.02. The minimum Gasteiger partial charge on any atom is -0.495 e. The van der Waals surface area contributed by atoms with Crippen LogP contribution in [0.5, 0.6) is 5.75 Å². The molecule has 10 heteroatoms. The molecule has 0 aliphatic rings. The smallest absolute Gasteiger partial charge is 0.244 e. The number of methoxy groups -OCH3 is 1. The molecule has 0 aromatic heterocycles. The van der Waals surface area contributed by atoms with E-state index in [9.17, 15) is 18.0 Å². The van der Waals surface area contributed by atoms with Crippen molar-refractivity contribution in [2.75, 3.05) is 30.8 Å². The minimum atomic E-state index is -3.84. The van der Waals surface area contributed by atoms with Gasteiger partial charge in [-0.05, 0) is 42.7 Å². The molecule has 1 N–H and O–H groups in total. The number of sulfonamides is 1. The lowest BCUT2D eigenvalue weighted by atomic mass is 10.1. The van der Waals surface area contributed by atoms with E-state index in [0.29, 0.717) is 22.9 Å². The molecule has 0 spiro atoms. The average Bonchev–Trinajstić information content (AvgIpc) is 2.78. The molecule has 0 bridgehead atoms. The van der Waals surface area contributed by atoms with Gasteiger partial charge in [-0.3, -0.25) is 13.9 Å². The highest BCUT2D eigenvalue weighted by molar-refractivity contribution is 7.92. The summed E-state index contributed by atoms with van der Waals surface area (Å²) in [5, 5.41) is 3.33. The Balaban J connectivity index is 2.40. The molecule has 1 atom stereocenters. The summed E-state index contributed by atoms with van der Waals surface area (Å²) in [4.78, 5) is 27.7. The van der Waals surface area contributed by atoms with Crippen LogP contribution in [0.2, 0.25) is 5.02 Å². The van der Waals surface area contributed by atoms with Crippen molar-refractivity contribution in [3.8, 4) is 5.75 Å². The third-order valence-electron chi connectivity index (χ3n) is 5.13. The first-order valence-electron chi connectivity index (χ1n) is 10.9. The van der Waals surface area contributed by atoms with Gasteiger partial charge in [0.1, 0.15) is 18.3 Å². The fourth-order valence-electron chi connectivity index (χ4n) is 3.30. The molecule has 0 unspecified atom stereocenters. The average molecular weight is 510 g/mol. The molecule has 0 saturated carbocycles. The van der Waals surface area contributed by atoms with Gasteiger partial charge in [0, 0.05) is 18.1 Å². The van der Waals surface area contributed by atoms with Crippen molar-refractivity contribution in [3.05, 3.63) is 59.1 Å². The molecule has 0 radical (unpaired) electrons. The minimum absolute atomic E-state index is 0.0825. The van der Waals surface area contributed by atoms with E-state index in [1.165, 1.54) is 12.0 Å². The second-order valence-corrected chi connectivity index (χ2v) is 10.8. The molecule has 0 saturated heterocycles. The predicted molar refractivity (Wildman–Crippen MR) is 134 cm³/mol. The SMILES string of the molecule is COc1ccccc1N(CC(=O)N(Cc1cccc(Cl)c1)[C@H](C)C(=O)NCC(C)C)S(C)(=O)=O. The van der Waals surface area contributed by atoms with Gasteiger partial charge in [-0.2, -0.15) is 0 Å². The second-order valence-electron chi connectivity index (χ2n) is 8.41. The number of anilines is 1. The van der Waals surface area contributed by atoms with Crippen molar-refractivity contribution in [2.24, 2.45) is 5.92 Å². The largest absolute Gasteiger partial charge is 0.495 e. The Morgan fingerprint density at radius 1 is 1.09 bits per heavy atom. The van der Waals surface area contributed by atoms with Gasteiger partial charge < -0.3 is 15.0 Å². The van der Waals surface area contributed by atoms with Gasteiger partial charge in [0.2, 0.25) is 21.8 Å². The zero-order valence-corrected chi connectivity index (χ0v) is 21.7. The quantitative estimate of drug-likeness (QED) is 0.501. The van der Waals surface area contributed by atoms with Crippen LogP contribution in [0.1, 0.15) is 26.3 Å². The Labute approximate surface area is 206 Å². The zero-order chi connectivity index (χ0) is 25.5. The van der Waals surface area contributed by atoms with Crippen LogP contribution < -0.4 is 14.4 Å². The number of hydrogen-bond acceptors (Lipinski definition) is 5. The third kappa shape index (κ3) is 7.63. The standard InChI is InChI=1S/C24H32ClN3O5S/c1-17(2)14-26-24(30)18(3)27(15-19-9-8-10-20(25)13-19)23(29)16-28(34(5,31)32)21-11-6-7-12-22(21)33-4/h6-13,17-18H,14-16H2,1-5H3,(H,26,30)/t18-/m1/s1. The lowest BCUT2D eigenvalue weighted by Crippen LogP contribution is -2.51. The van der Waals surface area contributed by atoms with Crippen LogP contribution in [-0.4, -0.2) is 57.6 Å². The summed E-state index contributed by atoms with van der Waals surface area (Å²) in [6.45, 7) is 5.60. The molecule has 0 fully saturated rings. The third-order valence-corrected chi connectivity index (χ3v) is 6.49. The molecule has 34 heavy (non-hydrogen) atoms. The maximum Gasteiger partial charge on any atom is 0.244 e. The van der Waals surface area contributed by atoms with Crippen LogP contribution in [-0.2, 0) is 26.2 Å². The highest BCUT2D eigenvalue weighted by atomic mass is 35.5. The molecule has 0 aliphatic heterocycles. The van der Waals surface area contributed by atoms with Crippen molar-refractivity contribution >= 4 is 39.1 Å². The van der Waals surface area contributed by atoms with E-state index in [-0.39, 0.29) is 24.1 Å². The summed E-state index contributed by atoms with van der Waals surface area (Å²) in [6, 6.07) is 12.7. The Morgan fingerprint density at radius 2 is 1.76 bits per heavy atom. The molecule has 8 nitrogen and oxygen atoms in total. The number of carbonyl (C=O) groups excluding carboxylic acids is 2. The van der Waals surface area contributed by atoms with Crippen LogP contribution in [0.3, 0.4) is 0 Å². The van der Waals surface area contributed by atoms with Gasteiger partial charge in [-0.15, -0.1) is 0 Å². The number of amides is 2. The van der Waals surface area contributed by atoms with E-state index >= 15 is 0 Å². The highest BCUT2D eigenvalue weighted by Gasteiger charge is 2.31. The van der Waals surface area contributed by atoms with E-state index in [0.717, 1.165) is 10.6 Å². The van der Waals surface area contributed by atoms with Crippen molar-refractivity contribution in [1.82, 2.24) is 10.2 Å². The van der Waals surface area contributed by atoms with E-state index in [1.54, 1.807) is 55.5 Å². The summed E-state index contributed by atoms with van der Waals surface area (Å²) in [5.41, 5.74) is 0.952. The van der Waals surface area contributed by atoms with Gasteiger partial charge in [0.25, 0.3) is 0 Å². The van der Waals surface area contributed by atoms with Crippen LogP contribution >= 0.6 is 11.6 Å². The molecule has 2 amide bonds. The summed E-state index contributed by atoms with van der Waals surface area (Å²) >= 11 is 6.11. The van der Waals surface area contributed by atoms with E-state index in [1.807, 2.05) is 13.8 Å². The number of ether oxygens (including phenoxy) is 1. The molecule has 2 aromatic rings. The molecular weight excluding hydrogens is 478 g/mol. The number of nitrogens with one attached hydrogen (secondary N) is 1. The lowest BCUT2D eigenvalue weighted by molar-refractivity contribution is -0.139. The van der Waals surface area contributed by atoms with Gasteiger partial charge in [-0.25, -0.2) is 8.42 Å². The lowest BCUT2D eigenvalue weighted by Gasteiger charge is -2.32. The Morgan fingerprint density at radius 3 is 2.35 bits per heavy atom. The Kier molecular flexibility index (Phi) is 9.76. The number of para-hydroxylation sites is 2. The van der Waals surface area contributed by atoms with E-state index in [2.05, 4.69) is 5.32 Å². The van der Waals surface area contributed by atoms with E-state index in [4.69, 9.17) is 16.3 Å². The van der Waals surface area contributed by atoms with Crippen LogP contribution in [0.4, 0.5) is 5.69 Å². The normalized spacial score (nSPS) is 12.2. The molecule has 0 aliphatic carbocycles. The maximum absolute atomic E-state index is 13.5. The van der Waals surface area contributed by atoms with Crippen molar-refractivity contribution in [2.45, 2.75) is 33.4 Å². The Bertz CT molecular complexity index is 1110. The number of hydrogen-bond donors (Lipinski definition) is 1. The van der Waals surface area contributed by atoms with Crippen molar-refractivity contribution in [3.63, 3.8) is 0 Å². The predicted octanol–water partition coefficient (Wildman–Crippen LogP) is 3.30. The molecule has 2 aromatic carbocycles. The van der Waals surface area contributed by atoms with Crippen molar-refractivity contribution in [1.29, 1.82) is 0 Å². The molecule has 2 rings (SSSR count). The number of carbonyl (C=O) groups is 2. The zero-order valence-electron chi connectivity index (χ0n) is 20.1. The monoisotopic (exact) mass is 509 g/mol. The number of halogens is 1. The number of nitrogens with zero attached hydrogens (tertiary/aromatic N) is 2. The van der Waals surface area contributed by atoms with Crippen LogP contribution in [0.25, 0.3) is 0 Å². The van der Waals surface area contributed by atoms with Gasteiger partial charge in [0.05, 0.1) is 19.1 Å². The topological polar surface area (TPSA) is 96.0 Å². The molecular formula is C24H32ClN3O5S. The van der Waals surface area contributed by atoms with Crippen LogP contribution in [0.15, 0.2) is 48.5 Å². The fourth-order valence-corrected chi connectivity index (χ4v) is 4.36. The first-order valence-corrected chi connectivity index (χ1v) is 13.1. The summed E-state index contributed by atoms with van der Waals surface area (Å²) in [7, 11) is -2.42. The summed E-state index contributed by atoms with van der Waals surface area (Å²) in [5.74, 6) is -0.319.